The topological polar surface area (TPSA) is 72.5 Å². The van der Waals surface area contributed by atoms with Gasteiger partial charge in [0, 0.05) is 19.3 Å². The van der Waals surface area contributed by atoms with Gasteiger partial charge in [0.1, 0.15) is 5.82 Å². The molecule has 2 rings (SSSR count). The zero-order chi connectivity index (χ0) is 12.6. The van der Waals surface area contributed by atoms with Gasteiger partial charge in [0.2, 0.25) is 0 Å². The Hall–Kier alpha value is -1.62. The van der Waals surface area contributed by atoms with Gasteiger partial charge in [-0.05, 0) is 37.8 Å². The first kappa shape index (κ1) is 12.8. The Morgan fingerprint density at radius 1 is 1.50 bits per heavy atom. The number of nitrogens with zero attached hydrogens (tertiary/aromatic N) is 2. The van der Waals surface area contributed by atoms with Gasteiger partial charge in [-0.3, -0.25) is 4.99 Å². The van der Waals surface area contributed by atoms with E-state index >= 15 is 0 Å². The van der Waals surface area contributed by atoms with Crippen molar-refractivity contribution in [1.82, 2.24) is 4.98 Å². The zero-order valence-corrected chi connectivity index (χ0v) is 10.5. The van der Waals surface area contributed by atoms with Crippen LogP contribution < -0.4 is 11.1 Å². The number of aromatic nitrogens is 1. The van der Waals surface area contributed by atoms with Crippen LogP contribution in [0.4, 0.5) is 5.82 Å². The van der Waals surface area contributed by atoms with Gasteiger partial charge in [0.05, 0.1) is 6.10 Å². The number of hydrogen-bond acceptors (Lipinski definition) is 3. The van der Waals surface area contributed by atoms with Crippen molar-refractivity contribution in [2.24, 2.45) is 10.7 Å². The van der Waals surface area contributed by atoms with E-state index in [1.54, 1.807) is 6.20 Å². The summed E-state index contributed by atoms with van der Waals surface area (Å²) < 4.78 is 5.64. The average Bonchev–Trinajstić information content (AvgIpc) is 2.41. The smallest absolute Gasteiger partial charge is 0.194 e. The first-order chi connectivity index (χ1) is 8.84. The van der Waals surface area contributed by atoms with Crippen LogP contribution in [0.5, 0.6) is 0 Å². The minimum absolute atomic E-state index is 0.352. The SMILES string of the molecule is NC(=NCCC1CCCCO1)Nc1ccccn1. The summed E-state index contributed by atoms with van der Waals surface area (Å²) in [6.45, 7) is 1.58. The molecule has 0 radical (unpaired) electrons. The molecule has 1 atom stereocenters. The van der Waals surface area contributed by atoms with Crippen molar-refractivity contribution in [1.29, 1.82) is 0 Å². The quantitative estimate of drug-likeness (QED) is 0.629. The molecule has 5 nitrogen and oxygen atoms in total. The number of anilines is 1. The van der Waals surface area contributed by atoms with Crippen molar-refractivity contribution in [3.8, 4) is 0 Å². The summed E-state index contributed by atoms with van der Waals surface area (Å²) in [4.78, 5) is 8.40. The van der Waals surface area contributed by atoms with E-state index in [4.69, 9.17) is 10.5 Å². The highest BCUT2D eigenvalue weighted by Crippen LogP contribution is 2.15. The van der Waals surface area contributed by atoms with Gasteiger partial charge in [-0.25, -0.2) is 4.98 Å². The van der Waals surface area contributed by atoms with Crippen molar-refractivity contribution in [2.45, 2.75) is 31.8 Å². The van der Waals surface area contributed by atoms with Crippen molar-refractivity contribution in [2.75, 3.05) is 18.5 Å². The fraction of sp³-hybridized carbons (Fsp3) is 0.538. The molecule has 2 heterocycles. The normalized spacial score (nSPS) is 20.7. The second kappa shape index (κ2) is 6.96. The number of rotatable bonds is 4. The van der Waals surface area contributed by atoms with Crippen molar-refractivity contribution in [3.05, 3.63) is 24.4 Å². The van der Waals surface area contributed by atoms with E-state index < -0.39 is 0 Å². The van der Waals surface area contributed by atoms with Crippen LogP contribution in [0.2, 0.25) is 0 Å². The Kier molecular flexibility index (Phi) is 4.96. The lowest BCUT2D eigenvalue weighted by atomic mass is 10.1. The lowest BCUT2D eigenvalue weighted by Gasteiger charge is -2.21. The third kappa shape index (κ3) is 4.33. The van der Waals surface area contributed by atoms with Crippen molar-refractivity contribution >= 4 is 11.8 Å². The number of aliphatic imine (C=N–C) groups is 1. The first-order valence-electron chi connectivity index (χ1n) is 6.44. The number of nitrogens with one attached hydrogen (secondary N) is 1. The minimum Gasteiger partial charge on any atom is -0.378 e. The molecule has 0 amide bonds. The van der Waals surface area contributed by atoms with Gasteiger partial charge in [-0.15, -0.1) is 0 Å². The molecule has 0 aliphatic carbocycles. The Labute approximate surface area is 107 Å². The molecule has 1 aromatic heterocycles. The molecular formula is C13H20N4O. The predicted octanol–water partition coefficient (Wildman–Crippen LogP) is 1.77. The van der Waals surface area contributed by atoms with Crippen LogP contribution in [0.25, 0.3) is 0 Å². The molecule has 5 heteroatoms. The molecule has 1 unspecified atom stereocenters. The second-order valence-corrected chi connectivity index (χ2v) is 4.38. The second-order valence-electron chi connectivity index (χ2n) is 4.38. The summed E-state index contributed by atoms with van der Waals surface area (Å²) in [5.74, 6) is 1.12. The highest BCUT2D eigenvalue weighted by atomic mass is 16.5. The maximum Gasteiger partial charge on any atom is 0.194 e. The number of guanidine groups is 1. The lowest BCUT2D eigenvalue weighted by molar-refractivity contribution is 0.0129. The standard InChI is InChI=1S/C13H20N4O/c14-13(17-12-6-1-3-8-15-12)16-9-7-11-5-2-4-10-18-11/h1,3,6,8,11H,2,4-5,7,9-10H2,(H3,14,15,16,17). The van der Waals surface area contributed by atoms with Crippen LogP contribution in [-0.4, -0.2) is 30.2 Å². The number of hydrogen-bond donors (Lipinski definition) is 2. The lowest BCUT2D eigenvalue weighted by Crippen LogP contribution is -2.25. The third-order valence-corrected chi connectivity index (χ3v) is 2.93. The maximum absolute atomic E-state index is 5.78. The molecule has 0 aromatic carbocycles. The van der Waals surface area contributed by atoms with Crippen LogP contribution in [0.1, 0.15) is 25.7 Å². The van der Waals surface area contributed by atoms with Crippen LogP contribution in [-0.2, 0) is 4.74 Å². The van der Waals surface area contributed by atoms with Gasteiger partial charge < -0.3 is 15.8 Å². The predicted molar refractivity (Wildman–Crippen MR) is 72.6 cm³/mol. The van der Waals surface area contributed by atoms with Gasteiger partial charge in [0.25, 0.3) is 0 Å². The molecule has 0 saturated carbocycles. The first-order valence-corrected chi connectivity index (χ1v) is 6.44. The van der Waals surface area contributed by atoms with Crippen LogP contribution in [0.3, 0.4) is 0 Å². The molecule has 1 saturated heterocycles. The Morgan fingerprint density at radius 2 is 2.44 bits per heavy atom. The summed E-state index contributed by atoms with van der Waals surface area (Å²) in [5.41, 5.74) is 5.78. The zero-order valence-electron chi connectivity index (χ0n) is 10.5. The molecule has 1 aliphatic rings. The number of ether oxygens (including phenoxy) is 1. The molecule has 98 valence electrons. The molecule has 0 spiro atoms. The van der Waals surface area contributed by atoms with Gasteiger partial charge >= 0.3 is 0 Å². The van der Waals surface area contributed by atoms with E-state index in [1.807, 2.05) is 18.2 Å². The minimum atomic E-state index is 0.352. The summed E-state index contributed by atoms with van der Waals surface area (Å²) in [5, 5.41) is 2.96. The van der Waals surface area contributed by atoms with Crippen LogP contribution in [0.15, 0.2) is 29.4 Å². The molecule has 1 aromatic rings. The molecule has 1 fully saturated rings. The molecular weight excluding hydrogens is 228 g/mol. The summed E-state index contributed by atoms with van der Waals surface area (Å²) in [6, 6.07) is 5.62. The van der Waals surface area contributed by atoms with Crippen molar-refractivity contribution in [3.63, 3.8) is 0 Å². The largest absolute Gasteiger partial charge is 0.378 e. The fourth-order valence-corrected chi connectivity index (χ4v) is 1.97. The van der Waals surface area contributed by atoms with E-state index in [-0.39, 0.29) is 0 Å². The van der Waals surface area contributed by atoms with Gasteiger partial charge in [-0.1, -0.05) is 6.07 Å². The third-order valence-electron chi connectivity index (χ3n) is 2.93. The Morgan fingerprint density at radius 3 is 3.17 bits per heavy atom. The summed E-state index contributed by atoms with van der Waals surface area (Å²) in [7, 11) is 0. The van der Waals surface area contributed by atoms with E-state index in [0.717, 1.165) is 19.4 Å². The summed E-state index contributed by atoms with van der Waals surface area (Å²) in [6.07, 6.45) is 6.59. The fourth-order valence-electron chi connectivity index (χ4n) is 1.97. The summed E-state index contributed by atoms with van der Waals surface area (Å²) >= 11 is 0. The Balaban J connectivity index is 1.71. The monoisotopic (exact) mass is 248 g/mol. The van der Waals surface area contributed by atoms with Gasteiger partial charge in [-0.2, -0.15) is 0 Å². The van der Waals surface area contributed by atoms with E-state index in [9.17, 15) is 0 Å². The molecule has 1 aliphatic heterocycles. The van der Waals surface area contributed by atoms with E-state index in [1.165, 1.54) is 12.8 Å². The maximum atomic E-state index is 5.78. The van der Waals surface area contributed by atoms with E-state index in [2.05, 4.69) is 15.3 Å². The highest BCUT2D eigenvalue weighted by molar-refractivity contribution is 5.91. The number of nitrogens with two attached hydrogens (primary N) is 1. The molecule has 3 N–H and O–H groups in total. The Bertz CT molecular complexity index is 374. The molecule has 18 heavy (non-hydrogen) atoms. The van der Waals surface area contributed by atoms with Crippen LogP contribution in [0, 0.1) is 0 Å². The number of pyridine rings is 1. The van der Waals surface area contributed by atoms with Gasteiger partial charge in [0.15, 0.2) is 5.96 Å². The van der Waals surface area contributed by atoms with Crippen molar-refractivity contribution < 1.29 is 4.74 Å². The highest BCUT2D eigenvalue weighted by Gasteiger charge is 2.12. The molecule has 0 bridgehead atoms. The average molecular weight is 248 g/mol. The van der Waals surface area contributed by atoms with Crippen LogP contribution >= 0.6 is 0 Å². The van der Waals surface area contributed by atoms with E-state index in [0.29, 0.717) is 24.4 Å².